The molecule has 0 amide bonds. The summed E-state index contributed by atoms with van der Waals surface area (Å²) in [5.74, 6) is 1.73. The lowest BCUT2D eigenvalue weighted by atomic mass is 9.99. The largest absolute Gasteiger partial charge is 0.491 e. The van der Waals surface area contributed by atoms with Gasteiger partial charge in [-0.1, -0.05) is 43.8 Å². The van der Waals surface area contributed by atoms with Crippen LogP contribution in [0.25, 0.3) is 0 Å². The van der Waals surface area contributed by atoms with Crippen LogP contribution in [-0.2, 0) is 11.3 Å². The normalized spacial score (nSPS) is 21.4. The number of rotatable bonds is 6. The van der Waals surface area contributed by atoms with Crippen LogP contribution in [0.4, 0.5) is 0 Å². The van der Waals surface area contributed by atoms with E-state index in [0.717, 1.165) is 18.2 Å². The molecule has 2 rings (SSSR count). The van der Waals surface area contributed by atoms with E-state index < -0.39 is 0 Å². The molecular weight excluding hydrogens is 270 g/mol. The topological polar surface area (TPSA) is 12.5 Å². The number of allylic oxidation sites excluding steroid dienone is 3. The molecule has 0 saturated carbocycles. The Labute approximate surface area is 135 Å². The van der Waals surface area contributed by atoms with Crippen LogP contribution in [0, 0.1) is 5.92 Å². The van der Waals surface area contributed by atoms with Gasteiger partial charge in [0.2, 0.25) is 0 Å². The van der Waals surface area contributed by atoms with E-state index in [9.17, 15) is 0 Å². The molecule has 1 aromatic rings. The quantitative estimate of drug-likeness (QED) is 0.536. The lowest BCUT2D eigenvalue weighted by Crippen LogP contribution is -2.33. The maximum absolute atomic E-state index is 5.86. The van der Waals surface area contributed by atoms with Gasteiger partial charge in [0.05, 0.1) is 5.76 Å². The molecule has 0 spiro atoms. The molecular formula is C20H29NO. The van der Waals surface area contributed by atoms with Crippen LogP contribution in [0.3, 0.4) is 0 Å². The zero-order chi connectivity index (χ0) is 15.9. The highest BCUT2D eigenvalue weighted by Crippen LogP contribution is 2.22. The van der Waals surface area contributed by atoms with Crippen molar-refractivity contribution in [3.63, 3.8) is 0 Å². The maximum Gasteiger partial charge on any atom is 0.120 e. The Kier molecular flexibility index (Phi) is 6.26. The van der Waals surface area contributed by atoms with E-state index in [1.54, 1.807) is 6.08 Å². The Morgan fingerprint density at radius 2 is 2.14 bits per heavy atom. The minimum Gasteiger partial charge on any atom is -0.491 e. The van der Waals surface area contributed by atoms with Crippen molar-refractivity contribution in [3.8, 4) is 0 Å². The summed E-state index contributed by atoms with van der Waals surface area (Å²) in [6.07, 6.45) is 6.42. The zero-order valence-electron chi connectivity index (χ0n) is 14.2. The summed E-state index contributed by atoms with van der Waals surface area (Å²) < 4.78 is 5.86. The Hall–Kier alpha value is -1.54. The lowest BCUT2D eigenvalue weighted by molar-refractivity contribution is 0.134. The molecule has 1 aliphatic heterocycles. The first-order chi connectivity index (χ1) is 10.6. The first kappa shape index (κ1) is 16.8. The average molecular weight is 299 g/mol. The smallest absolute Gasteiger partial charge is 0.120 e. The van der Waals surface area contributed by atoms with Crippen LogP contribution in [-0.4, -0.2) is 18.0 Å². The number of hydrogen-bond donors (Lipinski definition) is 0. The second kappa shape index (κ2) is 8.19. The molecule has 0 N–H and O–H groups in total. The second-order valence-electron chi connectivity index (χ2n) is 6.50. The van der Waals surface area contributed by atoms with Gasteiger partial charge in [-0.3, -0.25) is 4.90 Å². The molecule has 1 heterocycles. The third-order valence-corrected chi connectivity index (χ3v) is 4.31. The predicted molar refractivity (Wildman–Crippen MR) is 93.6 cm³/mol. The van der Waals surface area contributed by atoms with Gasteiger partial charge in [0.25, 0.3) is 0 Å². The molecule has 0 bridgehead atoms. The van der Waals surface area contributed by atoms with E-state index in [1.165, 1.54) is 37.1 Å². The van der Waals surface area contributed by atoms with Crippen molar-refractivity contribution >= 4 is 0 Å². The Balaban J connectivity index is 1.92. The molecule has 0 radical (unpaired) electrons. The number of likely N-dealkylation sites (tertiary alicyclic amines) is 1. The van der Waals surface area contributed by atoms with E-state index in [-0.39, 0.29) is 6.10 Å². The summed E-state index contributed by atoms with van der Waals surface area (Å²) in [5, 5.41) is 0. The predicted octanol–water partition coefficient (Wildman–Crippen LogP) is 5.09. The molecule has 22 heavy (non-hydrogen) atoms. The van der Waals surface area contributed by atoms with Crippen molar-refractivity contribution in [3.05, 3.63) is 59.9 Å². The summed E-state index contributed by atoms with van der Waals surface area (Å²) in [4.78, 5) is 2.57. The van der Waals surface area contributed by atoms with Crippen molar-refractivity contribution in [1.82, 2.24) is 4.90 Å². The fourth-order valence-corrected chi connectivity index (χ4v) is 3.13. The van der Waals surface area contributed by atoms with Crippen LogP contribution in [0.15, 0.2) is 48.8 Å². The number of ether oxygens (including phenoxy) is 1. The van der Waals surface area contributed by atoms with Gasteiger partial charge in [-0.15, -0.1) is 0 Å². The number of nitrogens with zero attached hydrogens (tertiary/aromatic N) is 1. The van der Waals surface area contributed by atoms with E-state index in [2.05, 4.69) is 49.6 Å². The van der Waals surface area contributed by atoms with Gasteiger partial charge >= 0.3 is 0 Å². The Morgan fingerprint density at radius 1 is 1.41 bits per heavy atom. The summed E-state index contributed by atoms with van der Waals surface area (Å²) in [6, 6.07) is 8.85. The van der Waals surface area contributed by atoms with Crippen molar-refractivity contribution < 1.29 is 4.74 Å². The minimum absolute atomic E-state index is 0.0697. The van der Waals surface area contributed by atoms with Crippen molar-refractivity contribution in [2.75, 3.05) is 13.1 Å². The fraction of sp³-hybridized carbons (Fsp3) is 0.500. The molecule has 2 nitrogen and oxygen atoms in total. The minimum atomic E-state index is 0.0697. The summed E-state index contributed by atoms with van der Waals surface area (Å²) in [7, 11) is 0. The highest BCUT2D eigenvalue weighted by atomic mass is 16.5. The summed E-state index contributed by atoms with van der Waals surface area (Å²) in [6.45, 7) is 13.6. The van der Waals surface area contributed by atoms with E-state index in [0.29, 0.717) is 0 Å². The van der Waals surface area contributed by atoms with E-state index in [1.807, 2.05) is 13.0 Å². The van der Waals surface area contributed by atoms with Gasteiger partial charge in [-0.05, 0) is 56.4 Å². The van der Waals surface area contributed by atoms with Crippen molar-refractivity contribution in [2.45, 2.75) is 46.3 Å². The number of benzene rings is 1. The third-order valence-electron chi connectivity index (χ3n) is 4.31. The molecule has 1 aromatic carbocycles. The molecule has 0 aliphatic carbocycles. The number of piperidine rings is 1. The molecule has 2 atom stereocenters. The summed E-state index contributed by atoms with van der Waals surface area (Å²) in [5.41, 5.74) is 2.61. The SMILES string of the molecule is C=C/C=C(\C)O[C@H](C)c1ccc(CN2CCCC(C)C2)cc1. The fourth-order valence-electron chi connectivity index (χ4n) is 3.13. The van der Waals surface area contributed by atoms with Gasteiger partial charge in [0.1, 0.15) is 6.10 Å². The van der Waals surface area contributed by atoms with Gasteiger partial charge in [0.15, 0.2) is 0 Å². The number of hydrogen-bond acceptors (Lipinski definition) is 2. The van der Waals surface area contributed by atoms with E-state index in [4.69, 9.17) is 4.74 Å². The third kappa shape index (κ3) is 5.03. The van der Waals surface area contributed by atoms with Crippen LogP contribution in [0.5, 0.6) is 0 Å². The highest BCUT2D eigenvalue weighted by Gasteiger charge is 2.16. The summed E-state index contributed by atoms with van der Waals surface area (Å²) >= 11 is 0. The monoisotopic (exact) mass is 299 g/mol. The molecule has 1 saturated heterocycles. The van der Waals surface area contributed by atoms with Crippen molar-refractivity contribution in [2.24, 2.45) is 5.92 Å². The van der Waals surface area contributed by atoms with E-state index >= 15 is 0 Å². The van der Waals surface area contributed by atoms with Crippen molar-refractivity contribution in [1.29, 1.82) is 0 Å². The Bertz CT molecular complexity index is 503. The van der Waals surface area contributed by atoms with Gasteiger partial charge in [0, 0.05) is 13.1 Å². The van der Waals surface area contributed by atoms with Crippen LogP contribution in [0.2, 0.25) is 0 Å². The standard InChI is InChI=1S/C20H29NO/c1-5-7-17(3)22-18(4)20-11-9-19(10-12-20)15-21-13-6-8-16(2)14-21/h5,7,9-12,16,18H,1,6,8,13-15H2,2-4H3/b17-7+/t16?,18-/m1/s1. The zero-order valence-corrected chi connectivity index (χ0v) is 14.2. The molecule has 1 fully saturated rings. The average Bonchev–Trinajstić information content (AvgIpc) is 2.48. The second-order valence-corrected chi connectivity index (χ2v) is 6.50. The Morgan fingerprint density at radius 3 is 2.77 bits per heavy atom. The molecule has 1 unspecified atom stereocenters. The van der Waals surface area contributed by atoms with Gasteiger partial charge < -0.3 is 4.74 Å². The molecule has 2 heteroatoms. The van der Waals surface area contributed by atoms with Gasteiger partial charge in [-0.25, -0.2) is 0 Å². The first-order valence-corrected chi connectivity index (χ1v) is 8.35. The molecule has 0 aromatic heterocycles. The molecule has 120 valence electrons. The lowest BCUT2D eigenvalue weighted by Gasteiger charge is -2.30. The first-order valence-electron chi connectivity index (χ1n) is 8.35. The highest BCUT2D eigenvalue weighted by molar-refractivity contribution is 5.24. The van der Waals surface area contributed by atoms with Gasteiger partial charge in [-0.2, -0.15) is 0 Å². The van der Waals surface area contributed by atoms with Crippen LogP contribution in [0.1, 0.15) is 50.8 Å². The maximum atomic E-state index is 5.86. The molecule has 1 aliphatic rings. The van der Waals surface area contributed by atoms with Crippen LogP contribution >= 0.6 is 0 Å². The van der Waals surface area contributed by atoms with Crippen LogP contribution < -0.4 is 0 Å².